The van der Waals surface area contributed by atoms with Crippen molar-refractivity contribution in [2.75, 3.05) is 13.7 Å². The van der Waals surface area contributed by atoms with Crippen molar-refractivity contribution in [2.45, 2.75) is 12.3 Å². The Bertz CT molecular complexity index is 569. The third-order valence-electron chi connectivity index (χ3n) is 2.95. The van der Waals surface area contributed by atoms with Crippen LogP contribution in [0.15, 0.2) is 42.5 Å². The molecule has 2 nitrogen and oxygen atoms in total. The van der Waals surface area contributed by atoms with Crippen molar-refractivity contribution in [3.8, 4) is 11.5 Å². The Morgan fingerprint density at radius 3 is 2.30 bits per heavy atom. The first-order valence-electron chi connectivity index (χ1n) is 6.36. The van der Waals surface area contributed by atoms with Gasteiger partial charge in [0.2, 0.25) is 0 Å². The van der Waals surface area contributed by atoms with Gasteiger partial charge in [-0.05, 0) is 42.3 Å². The van der Waals surface area contributed by atoms with E-state index in [2.05, 4.69) is 0 Å². The Morgan fingerprint density at radius 2 is 1.75 bits per heavy atom. The molecule has 0 aliphatic heterocycles. The second-order valence-electron chi connectivity index (χ2n) is 4.26. The molecule has 0 bridgehead atoms. The van der Waals surface area contributed by atoms with Gasteiger partial charge in [-0.3, -0.25) is 0 Å². The van der Waals surface area contributed by atoms with Crippen molar-refractivity contribution in [2.24, 2.45) is 0 Å². The summed E-state index contributed by atoms with van der Waals surface area (Å²) < 4.78 is 24.0. The zero-order valence-corrected chi connectivity index (χ0v) is 12.2. The summed E-state index contributed by atoms with van der Waals surface area (Å²) in [5.41, 5.74) is 1.58. The molecule has 0 aliphatic carbocycles. The molecule has 1 atom stereocenters. The maximum absolute atomic E-state index is 13.7. The molecule has 106 valence electrons. The first kappa shape index (κ1) is 14.7. The third kappa shape index (κ3) is 3.23. The van der Waals surface area contributed by atoms with E-state index >= 15 is 0 Å². The lowest BCUT2D eigenvalue weighted by atomic mass is 10.0. The van der Waals surface area contributed by atoms with Crippen LogP contribution in [-0.4, -0.2) is 13.7 Å². The highest BCUT2D eigenvalue weighted by atomic mass is 35.5. The van der Waals surface area contributed by atoms with Crippen molar-refractivity contribution in [3.63, 3.8) is 0 Å². The van der Waals surface area contributed by atoms with Crippen LogP contribution in [-0.2, 0) is 0 Å². The average molecular weight is 295 g/mol. The van der Waals surface area contributed by atoms with Crippen LogP contribution in [0.2, 0.25) is 0 Å². The summed E-state index contributed by atoms with van der Waals surface area (Å²) in [4.78, 5) is 0. The van der Waals surface area contributed by atoms with Crippen LogP contribution in [0.1, 0.15) is 23.4 Å². The van der Waals surface area contributed by atoms with E-state index in [0.717, 1.165) is 11.3 Å². The molecule has 1 unspecified atom stereocenters. The molecule has 20 heavy (non-hydrogen) atoms. The Balaban J connectivity index is 2.21. The summed E-state index contributed by atoms with van der Waals surface area (Å²) in [6.45, 7) is 2.55. The summed E-state index contributed by atoms with van der Waals surface area (Å²) in [6.07, 6.45) is 0. The Hall–Kier alpha value is -1.74. The molecule has 0 aliphatic rings. The fourth-order valence-corrected chi connectivity index (χ4v) is 2.21. The normalized spacial score (nSPS) is 12.0. The van der Waals surface area contributed by atoms with Gasteiger partial charge in [0, 0.05) is 0 Å². The maximum Gasteiger partial charge on any atom is 0.165 e. The van der Waals surface area contributed by atoms with Crippen molar-refractivity contribution in [1.29, 1.82) is 0 Å². The van der Waals surface area contributed by atoms with E-state index in [9.17, 15) is 4.39 Å². The molecule has 0 aromatic heterocycles. The summed E-state index contributed by atoms with van der Waals surface area (Å²) in [7, 11) is 1.43. The molecule has 2 aromatic carbocycles. The predicted molar refractivity (Wildman–Crippen MR) is 78.3 cm³/mol. The van der Waals surface area contributed by atoms with Crippen LogP contribution >= 0.6 is 11.6 Å². The second kappa shape index (κ2) is 6.62. The zero-order chi connectivity index (χ0) is 14.5. The lowest BCUT2D eigenvalue weighted by molar-refractivity contribution is 0.340. The lowest BCUT2D eigenvalue weighted by Crippen LogP contribution is -1.97. The first-order chi connectivity index (χ1) is 9.65. The fourth-order valence-electron chi connectivity index (χ4n) is 1.93. The van der Waals surface area contributed by atoms with E-state index in [-0.39, 0.29) is 5.75 Å². The van der Waals surface area contributed by atoms with Gasteiger partial charge >= 0.3 is 0 Å². The monoisotopic (exact) mass is 294 g/mol. The Labute approximate surface area is 123 Å². The van der Waals surface area contributed by atoms with Crippen molar-refractivity contribution < 1.29 is 13.9 Å². The highest BCUT2D eigenvalue weighted by Crippen LogP contribution is 2.32. The van der Waals surface area contributed by atoms with E-state index in [0.29, 0.717) is 12.2 Å². The van der Waals surface area contributed by atoms with Crippen molar-refractivity contribution in [3.05, 3.63) is 59.4 Å². The number of hydrogen-bond acceptors (Lipinski definition) is 2. The number of rotatable bonds is 5. The number of alkyl halides is 1. The van der Waals surface area contributed by atoms with E-state index in [4.69, 9.17) is 21.1 Å². The molecular formula is C16H16ClFO2. The largest absolute Gasteiger partial charge is 0.494 e. The van der Waals surface area contributed by atoms with Crippen LogP contribution in [0.5, 0.6) is 11.5 Å². The minimum atomic E-state index is -0.415. The summed E-state index contributed by atoms with van der Waals surface area (Å²) in [6, 6.07) is 12.2. The topological polar surface area (TPSA) is 18.5 Å². The summed E-state index contributed by atoms with van der Waals surface area (Å²) >= 11 is 6.38. The minimum Gasteiger partial charge on any atom is -0.494 e. The standard InChI is InChI=1S/C16H16ClFO2/c1-3-20-13-7-4-11(5-8-13)16(17)12-6-9-15(19-2)14(18)10-12/h4-10,16H,3H2,1-2H3. The maximum atomic E-state index is 13.7. The van der Waals surface area contributed by atoms with Crippen LogP contribution in [0, 0.1) is 5.82 Å². The Morgan fingerprint density at radius 1 is 1.10 bits per heavy atom. The van der Waals surface area contributed by atoms with Gasteiger partial charge in [0.05, 0.1) is 19.1 Å². The van der Waals surface area contributed by atoms with E-state index < -0.39 is 11.2 Å². The molecule has 0 amide bonds. The number of ether oxygens (including phenoxy) is 2. The van der Waals surface area contributed by atoms with Gasteiger partial charge in [-0.1, -0.05) is 18.2 Å². The van der Waals surface area contributed by atoms with Crippen LogP contribution in [0.25, 0.3) is 0 Å². The summed E-state index contributed by atoms with van der Waals surface area (Å²) in [5, 5.41) is -0.411. The van der Waals surface area contributed by atoms with Gasteiger partial charge in [0.25, 0.3) is 0 Å². The smallest absolute Gasteiger partial charge is 0.165 e. The quantitative estimate of drug-likeness (QED) is 0.753. The van der Waals surface area contributed by atoms with Crippen molar-refractivity contribution in [1.82, 2.24) is 0 Å². The van der Waals surface area contributed by atoms with Crippen molar-refractivity contribution >= 4 is 11.6 Å². The van der Waals surface area contributed by atoms with Gasteiger partial charge < -0.3 is 9.47 Å². The van der Waals surface area contributed by atoms with E-state index in [1.54, 1.807) is 12.1 Å². The number of hydrogen-bond donors (Lipinski definition) is 0. The van der Waals surface area contributed by atoms with Crippen LogP contribution in [0.4, 0.5) is 4.39 Å². The number of benzene rings is 2. The Kier molecular flexibility index (Phi) is 4.85. The predicted octanol–water partition coefficient (Wildman–Crippen LogP) is 4.56. The molecule has 0 saturated heterocycles. The van der Waals surface area contributed by atoms with E-state index in [1.807, 2.05) is 31.2 Å². The third-order valence-corrected chi connectivity index (χ3v) is 3.46. The average Bonchev–Trinajstić information content (AvgIpc) is 2.47. The van der Waals surface area contributed by atoms with Crippen LogP contribution < -0.4 is 9.47 Å². The molecule has 0 saturated carbocycles. The highest BCUT2D eigenvalue weighted by Gasteiger charge is 2.13. The van der Waals surface area contributed by atoms with Gasteiger partial charge in [-0.15, -0.1) is 11.6 Å². The van der Waals surface area contributed by atoms with Gasteiger partial charge in [-0.25, -0.2) is 4.39 Å². The molecule has 4 heteroatoms. The van der Waals surface area contributed by atoms with Gasteiger partial charge in [-0.2, -0.15) is 0 Å². The molecule has 0 radical (unpaired) electrons. The first-order valence-corrected chi connectivity index (χ1v) is 6.79. The molecule has 2 rings (SSSR count). The van der Waals surface area contributed by atoms with Gasteiger partial charge in [0.1, 0.15) is 5.75 Å². The lowest BCUT2D eigenvalue weighted by Gasteiger charge is -2.12. The van der Waals surface area contributed by atoms with Gasteiger partial charge in [0.15, 0.2) is 11.6 Å². The second-order valence-corrected chi connectivity index (χ2v) is 4.70. The zero-order valence-electron chi connectivity index (χ0n) is 11.4. The molecule has 2 aromatic rings. The molecule has 0 spiro atoms. The molecule has 0 heterocycles. The van der Waals surface area contributed by atoms with E-state index in [1.165, 1.54) is 13.2 Å². The number of halogens is 2. The molecule has 0 N–H and O–H groups in total. The fraction of sp³-hybridized carbons (Fsp3) is 0.250. The SMILES string of the molecule is CCOc1ccc(C(Cl)c2ccc(OC)c(F)c2)cc1. The number of methoxy groups -OCH3 is 1. The molecule has 0 fully saturated rings. The minimum absolute atomic E-state index is 0.212. The molecular weight excluding hydrogens is 279 g/mol. The van der Waals surface area contributed by atoms with Crippen LogP contribution in [0.3, 0.4) is 0 Å². The summed E-state index contributed by atoms with van der Waals surface area (Å²) in [5.74, 6) is 0.590. The highest BCUT2D eigenvalue weighted by molar-refractivity contribution is 6.22.